The van der Waals surface area contributed by atoms with E-state index in [0.29, 0.717) is 17.1 Å². The highest BCUT2D eigenvalue weighted by molar-refractivity contribution is 7.71. The largest absolute Gasteiger partial charge is 0.493 e. The van der Waals surface area contributed by atoms with Gasteiger partial charge in [-0.25, -0.2) is 0 Å². The number of nitrogens with one attached hydrogen (secondary N) is 1. The van der Waals surface area contributed by atoms with E-state index in [4.69, 9.17) is 21.7 Å². The van der Waals surface area contributed by atoms with E-state index in [1.165, 1.54) is 30.3 Å². The van der Waals surface area contributed by atoms with Crippen LogP contribution in [-0.4, -0.2) is 34.8 Å². The Morgan fingerprint density at radius 1 is 1.30 bits per heavy atom. The standard InChI is InChI=1S/C16H22N4O2S/c1-3-4-5-6-9-22-14-8-7-13(10-15(14)21-2)11-18-20-12-17-19-16(20)23/h7-8,10-12H,3-6,9H2,1-2H3,(H,19,23)/b18-11-. The van der Waals surface area contributed by atoms with E-state index in [2.05, 4.69) is 22.2 Å². The lowest BCUT2D eigenvalue weighted by Crippen LogP contribution is -2.00. The van der Waals surface area contributed by atoms with Crippen molar-refractivity contribution in [2.24, 2.45) is 5.10 Å². The molecular weight excluding hydrogens is 312 g/mol. The Bertz CT molecular complexity index is 693. The summed E-state index contributed by atoms with van der Waals surface area (Å²) in [6, 6.07) is 5.71. The first-order valence-electron chi connectivity index (χ1n) is 7.71. The molecule has 0 aliphatic heterocycles. The third-order valence-corrected chi connectivity index (χ3v) is 3.59. The maximum atomic E-state index is 5.79. The highest BCUT2D eigenvalue weighted by Crippen LogP contribution is 2.27. The summed E-state index contributed by atoms with van der Waals surface area (Å²) in [5, 5.41) is 10.7. The number of benzene rings is 1. The van der Waals surface area contributed by atoms with Gasteiger partial charge in [-0.3, -0.25) is 5.10 Å². The molecule has 0 saturated heterocycles. The summed E-state index contributed by atoms with van der Waals surface area (Å²) in [5.41, 5.74) is 0.892. The number of aromatic amines is 1. The van der Waals surface area contributed by atoms with Crippen LogP contribution < -0.4 is 9.47 Å². The Hall–Kier alpha value is -2.15. The topological polar surface area (TPSA) is 64.4 Å². The molecule has 0 unspecified atom stereocenters. The summed E-state index contributed by atoms with van der Waals surface area (Å²) >= 11 is 5.03. The molecule has 0 atom stereocenters. The van der Waals surface area contributed by atoms with Crippen molar-refractivity contribution in [3.8, 4) is 11.5 Å². The lowest BCUT2D eigenvalue weighted by atomic mass is 10.2. The molecule has 0 fully saturated rings. The summed E-state index contributed by atoms with van der Waals surface area (Å²) in [4.78, 5) is 0. The van der Waals surface area contributed by atoms with Crippen molar-refractivity contribution in [3.63, 3.8) is 0 Å². The summed E-state index contributed by atoms with van der Waals surface area (Å²) in [6.45, 7) is 2.90. The minimum Gasteiger partial charge on any atom is -0.493 e. The van der Waals surface area contributed by atoms with Crippen molar-refractivity contribution in [2.75, 3.05) is 13.7 Å². The van der Waals surface area contributed by atoms with Gasteiger partial charge in [0.05, 0.1) is 19.9 Å². The average Bonchev–Trinajstić information content (AvgIpc) is 2.98. The molecule has 2 rings (SSSR count). The minimum atomic E-state index is 0.445. The molecular formula is C16H22N4O2S. The Morgan fingerprint density at radius 3 is 2.87 bits per heavy atom. The van der Waals surface area contributed by atoms with E-state index in [1.54, 1.807) is 13.3 Å². The first-order chi connectivity index (χ1) is 11.2. The van der Waals surface area contributed by atoms with E-state index >= 15 is 0 Å². The van der Waals surface area contributed by atoms with Crippen LogP contribution in [-0.2, 0) is 0 Å². The molecule has 0 saturated carbocycles. The number of hydrogen-bond donors (Lipinski definition) is 1. The smallest absolute Gasteiger partial charge is 0.216 e. The van der Waals surface area contributed by atoms with Crippen molar-refractivity contribution in [2.45, 2.75) is 32.6 Å². The molecule has 1 aromatic carbocycles. The number of nitrogens with zero attached hydrogens (tertiary/aromatic N) is 3. The second-order valence-electron chi connectivity index (χ2n) is 5.07. The summed E-state index contributed by atoms with van der Waals surface area (Å²) in [6.07, 6.45) is 7.92. The van der Waals surface area contributed by atoms with Crippen molar-refractivity contribution in [3.05, 3.63) is 34.9 Å². The fourth-order valence-electron chi connectivity index (χ4n) is 2.05. The molecule has 23 heavy (non-hydrogen) atoms. The summed E-state index contributed by atoms with van der Waals surface area (Å²) in [7, 11) is 1.63. The van der Waals surface area contributed by atoms with Crippen LogP contribution in [0.15, 0.2) is 29.6 Å². The van der Waals surface area contributed by atoms with E-state index in [-0.39, 0.29) is 0 Å². The van der Waals surface area contributed by atoms with Gasteiger partial charge in [0.25, 0.3) is 0 Å². The monoisotopic (exact) mass is 334 g/mol. The maximum Gasteiger partial charge on any atom is 0.216 e. The van der Waals surface area contributed by atoms with Gasteiger partial charge in [-0.1, -0.05) is 26.2 Å². The van der Waals surface area contributed by atoms with E-state index < -0.39 is 0 Å². The number of hydrogen-bond acceptors (Lipinski definition) is 5. The molecule has 124 valence electrons. The number of methoxy groups -OCH3 is 1. The first-order valence-corrected chi connectivity index (χ1v) is 8.12. The Balaban J connectivity index is 2.00. The van der Waals surface area contributed by atoms with Gasteiger partial charge in [0, 0.05) is 0 Å². The van der Waals surface area contributed by atoms with Gasteiger partial charge >= 0.3 is 0 Å². The molecule has 1 aromatic heterocycles. The fourth-order valence-corrected chi connectivity index (χ4v) is 2.20. The predicted octanol–water partition coefficient (Wildman–Crippen LogP) is 3.79. The number of unbranched alkanes of at least 4 members (excludes halogenated alkanes) is 3. The van der Waals surface area contributed by atoms with Crippen LogP contribution in [0.5, 0.6) is 11.5 Å². The van der Waals surface area contributed by atoms with Crippen LogP contribution in [0.25, 0.3) is 0 Å². The Morgan fingerprint density at radius 2 is 2.17 bits per heavy atom. The van der Waals surface area contributed by atoms with Crippen molar-refractivity contribution in [1.82, 2.24) is 14.9 Å². The van der Waals surface area contributed by atoms with Crippen LogP contribution >= 0.6 is 12.2 Å². The highest BCUT2D eigenvalue weighted by atomic mass is 32.1. The van der Waals surface area contributed by atoms with Crippen molar-refractivity contribution in [1.29, 1.82) is 0 Å². The Kier molecular flexibility index (Phi) is 6.80. The zero-order valence-corrected chi connectivity index (χ0v) is 14.3. The zero-order valence-electron chi connectivity index (χ0n) is 13.5. The first kappa shape index (κ1) is 17.2. The van der Waals surface area contributed by atoms with E-state index in [1.807, 2.05) is 18.2 Å². The normalized spacial score (nSPS) is 11.0. The molecule has 0 bridgehead atoms. The number of ether oxygens (including phenoxy) is 2. The van der Waals surface area contributed by atoms with E-state index in [0.717, 1.165) is 17.7 Å². The third kappa shape index (κ3) is 5.21. The second kappa shape index (κ2) is 9.09. The molecule has 6 nitrogen and oxygen atoms in total. The quantitative estimate of drug-likeness (QED) is 0.430. The third-order valence-electron chi connectivity index (χ3n) is 3.31. The molecule has 7 heteroatoms. The zero-order chi connectivity index (χ0) is 16.5. The number of H-pyrrole nitrogens is 1. The van der Waals surface area contributed by atoms with Crippen LogP contribution in [0.4, 0.5) is 0 Å². The molecule has 0 radical (unpaired) electrons. The van der Waals surface area contributed by atoms with Crippen LogP contribution in [0.2, 0.25) is 0 Å². The number of rotatable bonds is 9. The lowest BCUT2D eigenvalue weighted by Gasteiger charge is -2.11. The average molecular weight is 334 g/mol. The van der Waals surface area contributed by atoms with Crippen LogP contribution in [0.3, 0.4) is 0 Å². The van der Waals surface area contributed by atoms with Crippen molar-refractivity contribution < 1.29 is 9.47 Å². The molecule has 0 amide bonds. The predicted molar refractivity (Wildman–Crippen MR) is 93.0 cm³/mol. The van der Waals surface area contributed by atoms with Crippen LogP contribution in [0.1, 0.15) is 38.2 Å². The van der Waals surface area contributed by atoms with Gasteiger partial charge < -0.3 is 9.47 Å². The van der Waals surface area contributed by atoms with Crippen molar-refractivity contribution >= 4 is 18.4 Å². The SMILES string of the molecule is CCCCCCOc1ccc(/C=N\n2cn[nH]c2=S)cc1OC. The molecule has 0 spiro atoms. The molecule has 0 aliphatic rings. The highest BCUT2D eigenvalue weighted by Gasteiger charge is 2.05. The molecule has 0 aliphatic carbocycles. The van der Waals surface area contributed by atoms with E-state index in [9.17, 15) is 0 Å². The lowest BCUT2D eigenvalue weighted by molar-refractivity contribution is 0.285. The van der Waals surface area contributed by atoms with Gasteiger partial charge in [0.15, 0.2) is 11.5 Å². The number of aromatic nitrogens is 3. The maximum absolute atomic E-state index is 5.79. The molecule has 1 N–H and O–H groups in total. The second-order valence-corrected chi connectivity index (χ2v) is 5.46. The summed E-state index contributed by atoms with van der Waals surface area (Å²) < 4.78 is 13.1. The fraction of sp³-hybridized carbons (Fsp3) is 0.438. The van der Waals surface area contributed by atoms with Gasteiger partial charge in [-0.05, 0) is 42.4 Å². The van der Waals surface area contributed by atoms with Gasteiger partial charge in [0.2, 0.25) is 4.77 Å². The van der Waals surface area contributed by atoms with Crippen LogP contribution in [0, 0.1) is 4.77 Å². The Labute approximate surface area is 141 Å². The van der Waals surface area contributed by atoms with Gasteiger partial charge in [0.1, 0.15) is 6.33 Å². The van der Waals surface area contributed by atoms with Gasteiger partial charge in [-0.2, -0.15) is 14.9 Å². The minimum absolute atomic E-state index is 0.445. The molecule has 2 aromatic rings. The summed E-state index contributed by atoms with van der Waals surface area (Å²) in [5.74, 6) is 1.45. The molecule has 1 heterocycles. The van der Waals surface area contributed by atoms with Gasteiger partial charge in [-0.15, -0.1) is 0 Å².